The van der Waals surface area contributed by atoms with E-state index >= 15 is 0 Å². The molecule has 0 bridgehead atoms. The highest BCUT2D eigenvalue weighted by Gasteiger charge is 2.12. The molecule has 1 saturated carbocycles. The number of nitrogens with zero attached hydrogens (tertiary/aromatic N) is 3. The van der Waals surface area contributed by atoms with Gasteiger partial charge in [-0.2, -0.15) is 0 Å². The van der Waals surface area contributed by atoms with Crippen LogP contribution in [0, 0.1) is 0 Å². The lowest BCUT2D eigenvalue weighted by Gasteiger charge is -2.17. The summed E-state index contributed by atoms with van der Waals surface area (Å²) < 4.78 is 0. The van der Waals surface area contributed by atoms with Crippen LogP contribution < -0.4 is 0 Å². The van der Waals surface area contributed by atoms with Gasteiger partial charge in [-0.1, -0.05) is 36.5 Å². The van der Waals surface area contributed by atoms with Crippen molar-refractivity contribution in [3.63, 3.8) is 0 Å². The smallest absolute Gasteiger partial charge is 0.0582 e. The van der Waals surface area contributed by atoms with Crippen molar-refractivity contribution in [2.75, 3.05) is 0 Å². The number of rotatable bonds is 1. The molecule has 66 valence electrons. The second-order valence-corrected chi connectivity index (χ2v) is 3.33. The molecule has 1 atom stereocenters. The lowest BCUT2D eigenvalue weighted by Crippen LogP contribution is -2.08. The molecule has 1 unspecified atom stereocenters. The Kier molecular flexibility index (Phi) is 3.68. The first-order valence-electron chi connectivity index (χ1n) is 4.56. The molecule has 0 aromatic heterocycles. The summed E-state index contributed by atoms with van der Waals surface area (Å²) in [6.07, 6.45) is 6.96. The largest absolute Gasteiger partial charge is 0.0995 e. The van der Waals surface area contributed by atoms with Crippen LogP contribution in [0.15, 0.2) is 17.3 Å². The van der Waals surface area contributed by atoms with Crippen molar-refractivity contribution in [3.05, 3.63) is 22.6 Å². The molecule has 0 aromatic carbocycles. The van der Waals surface area contributed by atoms with Gasteiger partial charge in [-0.25, -0.2) is 0 Å². The van der Waals surface area contributed by atoms with E-state index in [4.69, 9.17) is 5.53 Å². The van der Waals surface area contributed by atoms with Crippen LogP contribution in [0.4, 0.5) is 0 Å². The fourth-order valence-electron chi connectivity index (χ4n) is 1.62. The Morgan fingerprint density at radius 2 is 2.08 bits per heavy atom. The van der Waals surface area contributed by atoms with Gasteiger partial charge in [0.25, 0.3) is 0 Å². The zero-order valence-corrected chi connectivity index (χ0v) is 7.37. The number of hydrogen-bond donors (Lipinski definition) is 0. The van der Waals surface area contributed by atoms with Crippen LogP contribution in [0.5, 0.6) is 0 Å². The first-order chi connectivity index (χ1) is 5.84. The first kappa shape index (κ1) is 9.14. The van der Waals surface area contributed by atoms with Gasteiger partial charge in [0, 0.05) is 4.91 Å². The Labute approximate surface area is 73.1 Å². The Hall–Kier alpha value is -0.950. The second-order valence-electron chi connectivity index (χ2n) is 3.33. The van der Waals surface area contributed by atoms with Crippen LogP contribution in [0.1, 0.15) is 38.5 Å². The molecular weight excluding hydrogens is 150 g/mol. The van der Waals surface area contributed by atoms with Crippen LogP contribution in [0.3, 0.4) is 0 Å². The molecule has 0 spiro atoms. The van der Waals surface area contributed by atoms with Gasteiger partial charge in [0.05, 0.1) is 6.04 Å². The van der Waals surface area contributed by atoms with E-state index in [0.29, 0.717) is 0 Å². The lowest BCUT2D eigenvalue weighted by atomic mass is 9.94. The van der Waals surface area contributed by atoms with Gasteiger partial charge in [0.1, 0.15) is 0 Å². The van der Waals surface area contributed by atoms with Crippen molar-refractivity contribution in [1.82, 2.24) is 0 Å². The molecule has 3 heteroatoms. The summed E-state index contributed by atoms with van der Waals surface area (Å²) in [5, 5.41) is 3.75. The molecule has 3 nitrogen and oxygen atoms in total. The van der Waals surface area contributed by atoms with Crippen molar-refractivity contribution < 1.29 is 0 Å². The minimum atomic E-state index is 0.0651. The van der Waals surface area contributed by atoms with Crippen molar-refractivity contribution in [1.29, 1.82) is 0 Å². The quantitative estimate of drug-likeness (QED) is 0.247. The Balaban J connectivity index is 2.54. The van der Waals surface area contributed by atoms with Crippen molar-refractivity contribution >= 4 is 0 Å². The van der Waals surface area contributed by atoms with Gasteiger partial charge < -0.3 is 0 Å². The molecule has 0 heterocycles. The lowest BCUT2D eigenvalue weighted by molar-refractivity contribution is 0.527. The standard InChI is InChI=1S/C9H15N3/c1-8-6-4-2-3-5-7-9(8)11-12-10/h9H,1-7H2. The van der Waals surface area contributed by atoms with Crippen molar-refractivity contribution in [3.8, 4) is 0 Å². The number of azide groups is 1. The topological polar surface area (TPSA) is 48.8 Å². The number of hydrogen-bond acceptors (Lipinski definition) is 1. The van der Waals surface area contributed by atoms with E-state index in [0.717, 1.165) is 18.4 Å². The summed E-state index contributed by atoms with van der Waals surface area (Å²) in [5.74, 6) is 0. The highest BCUT2D eigenvalue weighted by molar-refractivity contribution is 5.06. The predicted octanol–water partition coefficient (Wildman–Crippen LogP) is 3.58. The average Bonchev–Trinajstić information content (AvgIpc) is 2.05. The van der Waals surface area contributed by atoms with Crippen molar-refractivity contribution in [2.24, 2.45) is 5.11 Å². The summed E-state index contributed by atoms with van der Waals surface area (Å²) in [6.45, 7) is 3.95. The van der Waals surface area contributed by atoms with Crippen LogP contribution in [-0.4, -0.2) is 6.04 Å². The molecule has 0 aromatic rings. The maximum atomic E-state index is 8.32. The Bertz CT molecular complexity index is 204. The van der Waals surface area contributed by atoms with Crippen LogP contribution in [0.25, 0.3) is 10.4 Å². The molecule has 0 N–H and O–H groups in total. The van der Waals surface area contributed by atoms with E-state index in [9.17, 15) is 0 Å². The fraction of sp³-hybridized carbons (Fsp3) is 0.778. The van der Waals surface area contributed by atoms with Gasteiger partial charge in [-0.15, -0.1) is 0 Å². The summed E-state index contributed by atoms with van der Waals surface area (Å²) in [4.78, 5) is 2.85. The average molecular weight is 165 g/mol. The van der Waals surface area contributed by atoms with Crippen molar-refractivity contribution in [2.45, 2.75) is 44.6 Å². The second kappa shape index (κ2) is 4.83. The highest BCUT2D eigenvalue weighted by atomic mass is 15.1. The molecule has 0 radical (unpaired) electrons. The third-order valence-corrected chi connectivity index (χ3v) is 2.39. The van der Waals surface area contributed by atoms with Crippen LogP contribution in [-0.2, 0) is 0 Å². The highest BCUT2D eigenvalue weighted by Crippen LogP contribution is 2.23. The Morgan fingerprint density at radius 1 is 1.33 bits per heavy atom. The van der Waals surface area contributed by atoms with E-state index in [1.807, 2.05) is 0 Å². The fourth-order valence-corrected chi connectivity index (χ4v) is 1.62. The zero-order chi connectivity index (χ0) is 8.81. The maximum Gasteiger partial charge on any atom is 0.0582 e. The SMILES string of the molecule is C=C1CCCCCCC1N=[N+]=[N-]. The van der Waals surface area contributed by atoms with E-state index in [1.54, 1.807) is 0 Å². The molecule has 0 amide bonds. The molecular formula is C9H15N3. The van der Waals surface area contributed by atoms with Gasteiger partial charge in [0.2, 0.25) is 0 Å². The molecule has 1 fully saturated rings. The third kappa shape index (κ3) is 2.59. The van der Waals surface area contributed by atoms with E-state index in [2.05, 4.69) is 16.6 Å². The first-order valence-corrected chi connectivity index (χ1v) is 4.56. The third-order valence-electron chi connectivity index (χ3n) is 2.39. The normalized spacial score (nSPS) is 25.3. The Morgan fingerprint density at radius 3 is 2.83 bits per heavy atom. The molecule has 12 heavy (non-hydrogen) atoms. The molecule has 1 aliphatic rings. The summed E-state index contributed by atoms with van der Waals surface area (Å²) in [7, 11) is 0. The predicted molar refractivity (Wildman–Crippen MR) is 49.8 cm³/mol. The van der Waals surface area contributed by atoms with Crippen LogP contribution >= 0.6 is 0 Å². The minimum Gasteiger partial charge on any atom is -0.0995 e. The maximum absolute atomic E-state index is 8.32. The summed E-state index contributed by atoms with van der Waals surface area (Å²) in [6, 6.07) is 0.0651. The summed E-state index contributed by atoms with van der Waals surface area (Å²) in [5.41, 5.74) is 9.43. The minimum absolute atomic E-state index is 0.0651. The molecule has 1 rings (SSSR count). The van der Waals surface area contributed by atoms with E-state index in [-0.39, 0.29) is 6.04 Å². The van der Waals surface area contributed by atoms with Gasteiger partial charge >= 0.3 is 0 Å². The summed E-state index contributed by atoms with van der Waals surface area (Å²) >= 11 is 0. The van der Waals surface area contributed by atoms with E-state index in [1.165, 1.54) is 25.7 Å². The molecule has 1 aliphatic carbocycles. The van der Waals surface area contributed by atoms with Gasteiger partial charge in [-0.3, -0.25) is 0 Å². The molecule has 0 aliphatic heterocycles. The van der Waals surface area contributed by atoms with Gasteiger partial charge in [0.15, 0.2) is 0 Å². The molecule has 0 saturated heterocycles. The van der Waals surface area contributed by atoms with Gasteiger partial charge in [-0.05, 0) is 24.8 Å². The zero-order valence-electron chi connectivity index (χ0n) is 7.37. The van der Waals surface area contributed by atoms with Crippen LogP contribution in [0.2, 0.25) is 0 Å². The monoisotopic (exact) mass is 165 g/mol. The van der Waals surface area contributed by atoms with E-state index < -0.39 is 0 Å².